The molecular formula is C11H13N. The van der Waals surface area contributed by atoms with Crippen LogP contribution in [0.1, 0.15) is 25.0 Å². The molecule has 1 heterocycles. The Labute approximate surface area is 73.1 Å². The lowest BCUT2D eigenvalue weighted by Crippen LogP contribution is -1.92. The third-order valence-corrected chi connectivity index (χ3v) is 2.39. The molecule has 0 aromatic carbocycles. The van der Waals surface area contributed by atoms with Crippen LogP contribution in [-0.4, -0.2) is 4.98 Å². The van der Waals surface area contributed by atoms with Crippen molar-refractivity contribution < 1.29 is 0 Å². The van der Waals surface area contributed by atoms with Crippen molar-refractivity contribution in [2.75, 3.05) is 0 Å². The van der Waals surface area contributed by atoms with Crippen molar-refractivity contribution in [2.24, 2.45) is 5.92 Å². The van der Waals surface area contributed by atoms with Gasteiger partial charge in [0, 0.05) is 12.4 Å². The van der Waals surface area contributed by atoms with Crippen LogP contribution in [0.5, 0.6) is 0 Å². The maximum absolute atomic E-state index is 4.15. The molecule has 1 heteroatoms. The summed E-state index contributed by atoms with van der Waals surface area (Å²) < 4.78 is 0. The zero-order chi connectivity index (χ0) is 8.55. The molecule has 0 fully saturated rings. The summed E-state index contributed by atoms with van der Waals surface area (Å²) in [6.07, 6.45) is 7.26. The van der Waals surface area contributed by atoms with E-state index in [0.717, 1.165) is 6.42 Å². The summed E-state index contributed by atoms with van der Waals surface area (Å²) in [6.45, 7) is 4.46. The Morgan fingerprint density at radius 1 is 1.42 bits per heavy atom. The molecule has 1 aliphatic rings. The first-order chi connectivity index (χ1) is 5.79. The number of hydrogen-bond acceptors (Lipinski definition) is 1. The molecule has 1 nitrogen and oxygen atoms in total. The molecule has 0 N–H and O–H groups in total. The summed E-state index contributed by atoms with van der Waals surface area (Å²) >= 11 is 0. The van der Waals surface area contributed by atoms with Crippen LogP contribution in [0.2, 0.25) is 0 Å². The van der Waals surface area contributed by atoms with E-state index in [4.69, 9.17) is 0 Å². The monoisotopic (exact) mass is 159 g/mol. The number of hydrogen-bond donors (Lipinski definition) is 0. The Hall–Kier alpha value is -1.11. The van der Waals surface area contributed by atoms with E-state index in [0.29, 0.717) is 5.92 Å². The molecule has 1 aromatic rings. The molecule has 0 saturated carbocycles. The molecule has 0 amide bonds. The smallest absolute Gasteiger partial charge is 0.0345 e. The van der Waals surface area contributed by atoms with E-state index >= 15 is 0 Å². The van der Waals surface area contributed by atoms with Crippen LogP contribution in [0.4, 0.5) is 0 Å². The van der Waals surface area contributed by atoms with Crippen LogP contribution < -0.4 is 0 Å². The van der Waals surface area contributed by atoms with E-state index < -0.39 is 0 Å². The van der Waals surface area contributed by atoms with Crippen molar-refractivity contribution in [3.05, 3.63) is 35.7 Å². The van der Waals surface area contributed by atoms with Crippen molar-refractivity contribution in [3.8, 4) is 0 Å². The molecule has 0 unspecified atom stereocenters. The van der Waals surface area contributed by atoms with Gasteiger partial charge in [-0.05, 0) is 35.1 Å². The van der Waals surface area contributed by atoms with E-state index in [-0.39, 0.29) is 0 Å². The number of fused-ring (bicyclic) bond motifs is 1. The molecule has 0 saturated heterocycles. The minimum absolute atomic E-state index is 0.621. The van der Waals surface area contributed by atoms with Gasteiger partial charge in [0.15, 0.2) is 0 Å². The summed E-state index contributed by atoms with van der Waals surface area (Å²) in [4.78, 5) is 4.15. The van der Waals surface area contributed by atoms with Gasteiger partial charge in [0.2, 0.25) is 0 Å². The highest BCUT2D eigenvalue weighted by Crippen LogP contribution is 2.31. The van der Waals surface area contributed by atoms with Gasteiger partial charge >= 0.3 is 0 Å². The summed E-state index contributed by atoms with van der Waals surface area (Å²) in [7, 11) is 0. The molecule has 0 bridgehead atoms. The largest absolute Gasteiger partial charge is 0.264 e. The fourth-order valence-corrected chi connectivity index (χ4v) is 1.74. The quantitative estimate of drug-likeness (QED) is 0.614. The predicted octanol–water partition coefficient (Wildman–Crippen LogP) is 2.68. The first-order valence-corrected chi connectivity index (χ1v) is 4.42. The van der Waals surface area contributed by atoms with E-state index in [1.165, 1.54) is 16.7 Å². The second-order valence-corrected chi connectivity index (χ2v) is 3.55. The summed E-state index contributed by atoms with van der Waals surface area (Å²) in [6, 6.07) is 2.11. The maximum atomic E-state index is 4.15. The summed E-state index contributed by atoms with van der Waals surface area (Å²) in [5.74, 6) is 0.621. The van der Waals surface area contributed by atoms with Crippen LogP contribution in [0.3, 0.4) is 0 Å². The van der Waals surface area contributed by atoms with Gasteiger partial charge in [-0.2, -0.15) is 0 Å². The van der Waals surface area contributed by atoms with Crippen LogP contribution in [0.25, 0.3) is 5.57 Å². The number of pyridine rings is 1. The molecule has 62 valence electrons. The van der Waals surface area contributed by atoms with Crippen LogP contribution >= 0.6 is 0 Å². The number of aromatic nitrogens is 1. The minimum Gasteiger partial charge on any atom is -0.264 e. The third-order valence-electron chi connectivity index (χ3n) is 2.39. The van der Waals surface area contributed by atoms with Gasteiger partial charge in [0.1, 0.15) is 0 Å². The van der Waals surface area contributed by atoms with Gasteiger partial charge in [-0.15, -0.1) is 0 Å². The first kappa shape index (κ1) is 7.53. The van der Waals surface area contributed by atoms with E-state index in [1.54, 1.807) is 0 Å². The lowest BCUT2D eigenvalue weighted by atomic mass is 9.99. The molecule has 1 aromatic heterocycles. The van der Waals surface area contributed by atoms with Crippen molar-refractivity contribution in [3.63, 3.8) is 0 Å². The Morgan fingerprint density at radius 3 is 3.00 bits per heavy atom. The maximum Gasteiger partial charge on any atom is 0.0345 e. The Morgan fingerprint density at radius 2 is 2.25 bits per heavy atom. The highest BCUT2D eigenvalue weighted by molar-refractivity contribution is 5.73. The molecule has 2 rings (SSSR count). The van der Waals surface area contributed by atoms with Crippen molar-refractivity contribution in [2.45, 2.75) is 20.3 Å². The molecule has 1 aliphatic carbocycles. The van der Waals surface area contributed by atoms with Crippen molar-refractivity contribution in [1.82, 2.24) is 4.98 Å². The van der Waals surface area contributed by atoms with Gasteiger partial charge in [-0.25, -0.2) is 0 Å². The SMILES string of the molecule is CC(C)C1=CCc2ccncc21. The Bertz CT molecular complexity index is 324. The molecular weight excluding hydrogens is 146 g/mol. The average Bonchev–Trinajstić information content (AvgIpc) is 2.47. The van der Waals surface area contributed by atoms with E-state index in [9.17, 15) is 0 Å². The number of nitrogens with zero attached hydrogens (tertiary/aromatic N) is 1. The minimum atomic E-state index is 0.621. The van der Waals surface area contributed by atoms with E-state index in [2.05, 4.69) is 31.0 Å². The molecule has 0 spiro atoms. The fraction of sp³-hybridized carbons (Fsp3) is 0.364. The normalized spacial score (nSPS) is 14.8. The predicted molar refractivity (Wildman–Crippen MR) is 50.8 cm³/mol. The third kappa shape index (κ3) is 1.06. The second-order valence-electron chi connectivity index (χ2n) is 3.55. The zero-order valence-corrected chi connectivity index (χ0v) is 7.54. The van der Waals surface area contributed by atoms with Gasteiger partial charge in [0.05, 0.1) is 0 Å². The van der Waals surface area contributed by atoms with E-state index in [1.807, 2.05) is 12.4 Å². The summed E-state index contributed by atoms with van der Waals surface area (Å²) in [5.41, 5.74) is 4.24. The standard InChI is InChI=1S/C11H13N/c1-8(2)10-4-3-9-5-6-12-7-11(9)10/h4-8H,3H2,1-2H3. The Kier molecular flexibility index (Phi) is 1.72. The zero-order valence-electron chi connectivity index (χ0n) is 7.54. The van der Waals surface area contributed by atoms with Crippen molar-refractivity contribution >= 4 is 5.57 Å². The van der Waals surface area contributed by atoms with Gasteiger partial charge in [-0.3, -0.25) is 4.98 Å². The van der Waals surface area contributed by atoms with Gasteiger partial charge in [-0.1, -0.05) is 19.9 Å². The van der Waals surface area contributed by atoms with Crippen LogP contribution in [0, 0.1) is 5.92 Å². The molecule has 0 radical (unpaired) electrons. The average molecular weight is 159 g/mol. The fourth-order valence-electron chi connectivity index (χ4n) is 1.74. The Balaban J connectivity index is 2.45. The molecule has 12 heavy (non-hydrogen) atoms. The van der Waals surface area contributed by atoms with Gasteiger partial charge < -0.3 is 0 Å². The lowest BCUT2D eigenvalue weighted by Gasteiger charge is -2.07. The van der Waals surface area contributed by atoms with Crippen LogP contribution in [0.15, 0.2) is 24.5 Å². The first-order valence-electron chi connectivity index (χ1n) is 4.42. The second kappa shape index (κ2) is 2.74. The van der Waals surface area contributed by atoms with Crippen LogP contribution in [-0.2, 0) is 6.42 Å². The summed E-state index contributed by atoms with van der Waals surface area (Å²) in [5, 5.41) is 0. The van der Waals surface area contributed by atoms with Gasteiger partial charge in [0.25, 0.3) is 0 Å². The lowest BCUT2D eigenvalue weighted by molar-refractivity contribution is 0.856. The highest BCUT2D eigenvalue weighted by Gasteiger charge is 2.15. The number of allylic oxidation sites excluding steroid dienone is 2. The number of rotatable bonds is 1. The highest BCUT2D eigenvalue weighted by atomic mass is 14.6. The topological polar surface area (TPSA) is 12.9 Å². The molecule has 0 atom stereocenters. The molecule has 0 aliphatic heterocycles. The van der Waals surface area contributed by atoms with Crippen molar-refractivity contribution in [1.29, 1.82) is 0 Å².